The summed E-state index contributed by atoms with van der Waals surface area (Å²) >= 11 is 3.32. The first-order valence-corrected chi connectivity index (χ1v) is 7.84. The molecule has 1 aromatic heterocycles. The van der Waals surface area contributed by atoms with Gasteiger partial charge < -0.3 is 9.64 Å². The van der Waals surface area contributed by atoms with Crippen molar-refractivity contribution in [1.82, 2.24) is 4.98 Å². The molecule has 0 aliphatic carbocycles. The van der Waals surface area contributed by atoms with E-state index in [2.05, 4.69) is 37.5 Å². The van der Waals surface area contributed by atoms with Crippen molar-refractivity contribution in [2.45, 2.75) is 32.6 Å². The van der Waals surface area contributed by atoms with Gasteiger partial charge in [-0.3, -0.25) is 9.59 Å². The second kappa shape index (κ2) is 9.50. The third kappa shape index (κ3) is 5.83. The van der Waals surface area contributed by atoms with Gasteiger partial charge in [0.2, 0.25) is 0 Å². The summed E-state index contributed by atoms with van der Waals surface area (Å²) in [6.45, 7) is 3.68. The molecular formula is C15H21BrN2O3. The van der Waals surface area contributed by atoms with E-state index < -0.39 is 0 Å². The van der Waals surface area contributed by atoms with Crippen LogP contribution in [-0.2, 0) is 9.53 Å². The zero-order chi connectivity index (χ0) is 15.7. The number of anilines is 1. The topological polar surface area (TPSA) is 59.5 Å². The van der Waals surface area contributed by atoms with Crippen molar-refractivity contribution in [2.24, 2.45) is 0 Å². The Morgan fingerprint density at radius 2 is 2.19 bits per heavy atom. The van der Waals surface area contributed by atoms with Gasteiger partial charge in [-0.2, -0.15) is 0 Å². The molecule has 1 rings (SSSR count). The zero-order valence-corrected chi connectivity index (χ0v) is 14.1. The average Bonchev–Trinajstić information content (AvgIpc) is 2.50. The van der Waals surface area contributed by atoms with Crippen molar-refractivity contribution in [1.29, 1.82) is 0 Å². The van der Waals surface area contributed by atoms with Crippen molar-refractivity contribution in [3.8, 4) is 0 Å². The summed E-state index contributed by atoms with van der Waals surface area (Å²) in [5.41, 5.74) is 0.575. The molecule has 116 valence electrons. The van der Waals surface area contributed by atoms with E-state index in [1.807, 2.05) is 0 Å². The smallest absolute Gasteiger partial charge is 0.305 e. The van der Waals surface area contributed by atoms with Gasteiger partial charge in [0.25, 0.3) is 0 Å². The highest BCUT2D eigenvalue weighted by Gasteiger charge is 2.12. The zero-order valence-electron chi connectivity index (χ0n) is 12.5. The first-order valence-electron chi connectivity index (χ1n) is 7.04. The van der Waals surface area contributed by atoms with Gasteiger partial charge in [0.15, 0.2) is 6.29 Å². The van der Waals surface area contributed by atoms with Crippen LogP contribution in [0.3, 0.4) is 0 Å². The highest BCUT2D eigenvalue weighted by Crippen LogP contribution is 2.21. The Hall–Kier alpha value is -1.43. The minimum atomic E-state index is -0.188. The molecule has 0 amide bonds. The van der Waals surface area contributed by atoms with Crippen molar-refractivity contribution in [3.63, 3.8) is 0 Å². The Morgan fingerprint density at radius 3 is 2.81 bits per heavy atom. The summed E-state index contributed by atoms with van der Waals surface area (Å²) in [6.07, 6.45) is 5.52. The molecule has 0 atom stereocenters. The highest BCUT2D eigenvalue weighted by atomic mass is 79.9. The molecule has 1 heterocycles. The molecular weight excluding hydrogens is 336 g/mol. The number of rotatable bonds is 9. The van der Waals surface area contributed by atoms with Crippen LogP contribution in [0.5, 0.6) is 0 Å². The third-order valence-corrected chi connectivity index (χ3v) is 3.50. The van der Waals surface area contributed by atoms with Gasteiger partial charge in [-0.1, -0.05) is 6.92 Å². The van der Waals surface area contributed by atoms with Crippen molar-refractivity contribution in [2.75, 3.05) is 25.1 Å². The van der Waals surface area contributed by atoms with Gasteiger partial charge in [0, 0.05) is 30.2 Å². The fourth-order valence-corrected chi connectivity index (χ4v) is 2.42. The number of ether oxygens (including phenoxy) is 1. The third-order valence-electron chi connectivity index (χ3n) is 3.07. The normalized spacial score (nSPS) is 10.2. The Kier molecular flexibility index (Phi) is 7.97. The lowest BCUT2D eigenvalue weighted by Crippen LogP contribution is -2.27. The van der Waals surface area contributed by atoms with Crippen LogP contribution in [0.1, 0.15) is 43.0 Å². The molecule has 0 unspecified atom stereocenters. The van der Waals surface area contributed by atoms with Crippen LogP contribution in [0.4, 0.5) is 5.82 Å². The lowest BCUT2D eigenvalue weighted by molar-refractivity contribution is -0.140. The van der Waals surface area contributed by atoms with Crippen LogP contribution in [0, 0.1) is 0 Å². The lowest BCUT2D eigenvalue weighted by atomic mass is 10.2. The Balaban J connectivity index is 2.68. The monoisotopic (exact) mass is 356 g/mol. The maximum Gasteiger partial charge on any atom is 0.305 e. The van der Waals surface area contributed by atoms with E-state index in [4.69, 9.17) is 0 Å². The van der Waals surface area contributed by atoms with Crippen LogP contribution in [-0.4, -0.2) is 37.4 Å². The molecule has 0 aromatic carbocycles. The summed E-state index contributed by atoms with van der Waals surface area (Å²) in [5.74, 6) is 0.514. The van der Waals surface area contributed by atoms with Crippen molar-refractivity contribution < 1.29 is 14.3 Å². The quantitative estimate of drug-likeness (QED) is 0.386. The van der Waals surface area contributed by atoms with Crippen LogP contribution >= 0.6 is 15.9 Å². The van der Waals surface area contributed by atoms with Crippen LogP contribution in [0.2, 0.25) is 0 Å². The molecule has 6 heteroatoms. The summed E-state index contributed by atoms with van der Waals surface area (Å²) < 4.78 is 5.41. The molecule has 0 fully saturated rings. The van der Waals surface area contributed by atoms with E-state index in [0.717, 1.165) is 43.1 Å². The van der Waals surface area contributed by atoms with E-state index in [0.29, 0.717) is 17.8 Å². The number of hydrogen-bond donors (Lipinski definition) is 0. The molecule has 0 saturated carbocycles. The maximum absolute atomic E-state index is 11.2. The molecule has 0 aliphatic rings. The van der Waals surface area contributed by atoms with Crippen molar-refractivity contribution in [3.05, 3.63) is 22.3 Å². The average molecular weight is 357 g/mol. The first kappa shape index (κ1) is 17.6. The van der Waals surface area contributed by atoms with Gasteiger partial charge in [-0.05, 0) is 41.3 Å². The number of aromatic nitrogens is 1. The summed E-state index contributed by atoms with van der Waals surface area (Å²) in [4.78, 5) is 28.7. The highest BCUT2D eigenvalue weighted by molar-refractivity contribution is 9.10. The minimum Gasteiger partial charge on any atom is -0.469 e. The van der Waals surface area contributed by atoms with Gasteiger partial charge in [-0.25, -0.2) is 4.98 Å². The summed E-state index contributed by atoms with van der Waals surface area (Å²) in [6, 6.07) is 1.77. The predicted octanol–water partition coefficient (Wildman–Crippen LogP) is 3.22. The molecule has 0 saturated heterocycles. The molecule has 0 N–H and O–H groups in total. The van der Waals surface area contributed by atoms with Gasteiger partial charge >= 0.3 is 5.97 Å². The molecule has 0 aliphatic heterocycles. The molecule has 5 nitrogen and oxygen atoms in total. The van der Waals surface area contributed by atoms with Gasteiger partial charge in [-0.15, -0.1) is 0 Å². The number of unbranched alkanes of at least 4 members (excludes halogenated alkanes) is 1. The number of pyridine rings is 1. The summed E-state index contributed by atoms with van der Waals surface area (Å²) in [7, 11) is 1.40. The van der Waals surface area contributed by atoms with E-state index in [9.17, 15) is 9.59 Å². The second-order valence-corrected chi connectivity index (χ2v) is 5.62. The Bertz CT molecular complexity index is 480. The molecule has 0 spiro atoms. The Labute approximate surface area is 133 Å². The maximum atomic E-state index is 11.2. The van der Waals surface area contributed by atoms with Crippen LogP contribution < -0.4 is 4.90 Å². The van der Waals surface area contributed by atoms with E-state index >= 15 is 0 Å². The number of carbonyl (C=O) groups excluding carboxylic acids is 2. The predicted molar refractivity (Wildman–Crippen MR) is 85.7 cm³/mol. The van der Waals surface area contributed by atoms with E-state index in [-0.39, 0.29) is 5.97 Å². The van der Waals surface area contributed by atoms with Crippen LogP contribution in [0.25, 0.3) is 0 Å². The summed E-state index contributed by atoms with van der Waals surface area (Å²) in [5, 5.41) is 0. The van der Waals surface area contributed by atoms with Crippen LogP contribution in [0.15, 0.2) is 16.7 Å². The number of carbonyl (C=O) groups is 2. The second-order valence-electron chi connectivity index (χ2n) is 4.70. The first-order chi connectivity index (χ1) is 10.1. The fraction of sp³-hybridized carbons (Fsp3) is 0.533. The van der Waals surface area contributed by atoms with Gasteiger partial charge in [0.1, 0.15) is 5.82 Å². The number of esters is 1. The minimum absolute atomic E-state index is 0.188. The number of hydrogen-bond acceptors (Lipinski definition) is 5. The van der Waals surface area contributed by atoms with E-state index in [1.165, 1.54) is 7.11 Å². The lowest BCUT2D eigenvalue weighted by Gasteiger charge is -2.24. The molecule has 1 aromatic rings. The molecule has 0 bridgehead atoms. The van der Waals surface area contributed by atoms with Crippen molar-refractivity contribution >= 4 is 34.0 Å². The van der Waals surface area contributed by atoms with Gasteiger partial charge in [0.05, 0.1) is 12.7 Å². The number of nitrogens with zero attached hydrogens (tertiary/aromatic N) is 2. The number of halogens is 1. The standard InChI is InChI=1S/C15H21BrN2O3/c1-3-7-18(8-5-4-6-14(20)21-2)15-12(11-19)9-13(16)10-17-15/h9-11H,3-8H2,1-2H3. The number of methoxy groups -OCH3 is 1. The van der Waals surface area contributed by atoms with E-state index in [1.54, 1.807) is 12.3 Å². The fourth-order valence-electron chi connectivity index (χ4n) is 2.07. The largest absolute Gasteiger partial charge is 0.469 e. The SMILES string of the molecule is CCCN(CCCCC(=O)OC)c1ncc(Br)cc1C=O. The molecule has 21 heavy (non-hydrogen) atoms. The Morgan fingerprint density at radius 1 is 1.43 bits per heavy atom. The number of aldehydes is 1. The molecule has 0 radical (unpaired) electrons.